The lowest BCUT2D eigenvalue weighted by atomic mass is 10.0. The van der Waals surface area contributed by atoms with Crippen LogP contribution in [0.15, 0.2) is 36.4 Å². The Kier molecular flexibility index (Phi) is 3.81. The summed E-state index contributed by atoms with van der Waals surface area (Å²) in [5, 5.41) is 31.4. The molecule has 2 aromatic rings. The topological polar surface area (TPSA) is 76.3 Å². The molecule has 3 N–H and O–H groups in total. The van der Waals surface area contributed by atoms with Gasteiger partial charge in [0.15, 0.2) is 0 Å². The summed E-state index contributed by atoms with van der Waals surface area (Å²) in [5.41, 5.74) is 3.14. The van der Waals surface area contributed by atoms with Crippen LogP contribution in [0.5, 0.6) is 11.5 Å². The minimum Gasteiger partial charge on any atom is -0.508 e. The van der Waals surface area contributed by atoms with Crippen LogP contribution in [0.4, 0.5) is 5.69 Å². The third-order valence-corrected chi connectivity index (χ3v) is 3.22. The highest BCUT2D eigenvalue weighted by Gasteiger charge is 2.12. The molecule has 1 unspecified atom stereocenters. The van der Waals surface area contributed by atoms with Crippen LogP contribution in [0.3, 0.4) is 0 Å². The Bertz CT molecular complexity index is 675. The second-order valence-corrected chi connectivity index (χ2v) is 4.75. The molecule has 0 fully saturated rings. The van der Waals surface area contributed by atoms with Crippen molar-refractivity contribution in [3.63, 3.8) is 0 Å². The number of nitrogens with one attached hydrogen (secondary N) is 1. The van der Waals surface area contributed by atoms with Gasteiger partial charge >= 0.3 is 0 Å². The highest BCUT2D eigenvalue weighted by molar-refractivity contribution is 5.57. The lowest BCUT2D eigenvalue weighted by Crippen LogP contribution is -2.08. The molecule has 0 saturated carbocycles. The van der Waals surface area contributed by atoms with Crippen molar-refractivity contribution < 1.29 is 10.2 Å². The summed E-state index contributed by atoms with van der Waals surface area (Å²) < 4.78 is 0. The molecule has 0 aliphatic rings. The highest BCUT2D eigenvalue weighted by atomic mass is 16.3. The van der Waals surface area contributed by atoms with E-state index in [2.05, 4.69) is 11.4 Å². The summed E-state index contributed by atoms with van der Waals surface area (Å²) in [7, 11) is 0. The van der Waals surface area contributed by atoms with Crippen LogP contribution < -0.4 is 5.32 Å². The molecule has 0 radical (unpaired) electrons. The number of hydrogen-bond donors (Lipinski definition) is 3. The van der Waals surface area contributed by atoms with Crippen LogP contribution >= 0.6 is 0 Å². The zero-order chi connectivity index (χ0) is 14.7. The third kappa shape index (κ3) is 2.83. The molecule has 0 bridgehead atoms. The van der Waals surface area contributed by atoms with Crippen molar-refractivity contribution in [3.8, 4) is 17.6 Å². The summed E-state index contributed by atoms with van der Waals surface area (Å²) in [5.74, 6) is 0.0696. The van der Waals surface area contributed by atoms with Gasteiger partial charge in [0.05, 0.1) is 17.7 Å². The smallest absolute Gasteiger partial charge is 0.124 e. The first-order valence-corrected chi connectivity index (χ1v) is 6.30. The van der Waals surface area contributed by atoms with Crippen molar-refractivity contribution in [2.75, 3.05) is 5.32 Å². The van der Waals surface area contributed by atoms with Crippen molar-refractivity contribution in [1.29, 1.82) is 5.26 Å². The first-order chi connectivity index (χ1) is 9.51. The van der Waals surface area contributed by atoms with Crippen molar-refractivity contribution in [2.24, 2.45) is 0 Å². The van der Waals surface area contributed by atoms with E-state index >= 15 is 0 Å². The quantitative estimate of drug-likeness (QED) is 0.796. The van der Waals surface area contributed by atoms with E-state index in [-0.39, 0.29) is 17.5 Å². The molecule has 4 nitrogen and oxygen atoms in total. The van der Waals surface area contributed by atoms with E-state index in [1.54, 1.807) is 18.2 Å². The summed E-state index contributed by atoms with van der Waals surface area (Å²) in [6.07, 6.45) is 0. The normalized spacial score (nSPS) is 11.7. The third-order valence-electron chi connectivity index (χ3n) is 3.22. The Morgan fingerprint density at radius 1 is 1.15 bits per heavy atom. The predicted octanol–water partition coefficient (Wildman–Crippen LogP) is 3.45. The molecule has 20 heavy (non-hydrogen) atoms. The van der Waals surface area contributed by atoms with Gasteiger partial charge in [0.2, 0.25) is 0 Å². The molecule has 0 aliphatic heterocycles. The van der Waals surface area contributed by atoms with Gasteiger partial charge in [-0.25, -0.2) is 0 Å². The summed E-state index contributed by atoms with van der Waals surface area (Å²) >= 11 is 0. The maximum Gasteiger partial charge on any atom is 0.124 e. The molecule has 2 aromatic carbocycles. The molecule has 4 heteroatoms. The number of aromatic hydroxyl groups is 2. The van der Waals surface area contributed by atoms with E-state index in [1.165, 1.54) is 12.1 Å². The number of phenolic OH excluding ortho intramolecular Hbond substituents is 2. The van der Waals surface area contributed by atoms with Gasteiger partial charge in [-0.3, -0.25) is 0 Å². The lowest BCUT2D eigenvalue weighted by molar-refractivity contribution is 0.444. The molecule has 0 saturated heterocycles. The van der Waals surface area contributed by atoms with E-state index < -0.39 is 0 Å². The van der Waals surface area contributed by atoms with E-state index in [4.69, 9.17) is 5.26 Å². The molecule has 2 rings (SSSR count). The fourth-order valence-electron chi connectivity index (χ4n) is 2.06. The van der Waals surface area contributed by atoms with Gasteiger partial charge in [-0.05, 0) is 43.7 Å². The van der Waals surface area contributed by atoms with Crippen LogP contribution in [-0.4, -0.2) is 10.2 Å². The summed E-state index contributed by atoms with van der Waals surface area (Å²) in [4.78, 5) is 0. The summed E-state index contributed by atoms with van der Waals surface area (Å²) in [6, 6.07) is 11.9. The van der Waals surface area contributed by atoms with Crippen LogP contribution in [0, 0.1) is 18.3 Å². The Labute approximate surface area is 117 Å². The maximum atomic E-state index is 9.86. The first kappa shape index (κ1) is 13.8. The number of benzene rings is 2. The van der Waals surface area contributed by atoms with Gasteiger partial charge in [0.1, 0.15) is 11.5 Å². The lowest BCUT2D eigenvalue weighted by Gasteiger charge is -2.18. The van der Waals surface area contributed by atoms with Crippen molar-refractivity contribution in [3.05, 3.63) is 53.1 Å². The number of phenols is 2. The van der Waals surface area contributed by atoms with Gasteiger partial charge < -0.3 is 15.5 Å². The standard InChI is InChI=1S/C16H16N2O2/c1-10-3-4-12(9-17)7-15(10)18-11(2)14-6-5-13(19)8-16(14)20/h3-8,11,18-20H,1-2H3. The Morgan fingerprint density at radius 2 is 1.90 bits per heavy atom. The Balaban J connectivity index is 2.27. The van der Waals surface area contributed by atoms with E-state index in [0.717, 1.165) is 11.3 Å². The van der Waals surface area contributed by atoms with Crippen LogP contribution in [0.1, 0.15) is 29.7 Å². The number of nitrogens with zero attached hydrogens (tertiary/aromatic N) is 1. The Morgan fingerprint density at radius 3 is 2.55 bits per heavy atom. The minimum atomic E-state index is -0.150. The van der Waals surface area contributed by atoms with E-state index in [9.17, 15) is 10.2 Å². The Hall–Kier alpha value is -2.67. The second kappa shape index (κ2) is 5.54. The van der Waals surface area contributed by atoms with Crippen molar-refractivity contribution in [2.45, 2.75) is 19.9 Å². The molecular formula is C16H16N2O2. The molecule has 0 aromatic heterocycles. The van der Waals surface area contributed by atoms with Gasteiger partial charge in [0.25, 0.3) is 0 Å². The van der Waals surface area contributed by atoms with Crippen LogP contribution in [0.25, 0.3) is 0 Å². The van der Waals surface area contributed by atoms with Gasteiger partial charge in [-0.15, -0.1) is 0 Å². The molecule has 0 spiro atoms. The fraction of sp³-hybridized carbons (Fsp3) is 0.188. The average molecular weight is 268 g/mol. The average Bonchev–Trinajstić information content (AvgIpc) is 2.41. The SMILES string of the molecule is Cc1ccc(C#N)cc1NC(C)c1ccc(O)cc1O. The number of rotatable bonds is 3. The second-order valence-electron chi connectivity index (χ2n) is 4.75. The largest absolute Gasteiger partial charge is 0.508 e. The maximum absolute atomic E-state index is 9.86. The van der Waals surface area contributed by atoms with Gasteiger partial charge in [0, 0.05) is 17.3 Å². The monoisotopic (exact) mass is 268 g/mol. The van der Waals surface area contributed by atoms with Gasteiger partial charge in [-0.1, -0.05) is 6.07 Å². The highest BCUT2D eigenvalue weighted by Crippen LogP contribution is 2.30. The summed E-state index contributed by atoms with van der Waals surface area (Å²) in [6.45, 7) is 3.86. The van der Waals surface area contributed by atoms with Crippen LogP contribution in [0.2, 0.25) is 0 Å². The number of nitriles is 1. The minimum absolute atomic E-state index is 0.0288. The van der Waals surface area contributed by atoms with Crippen molar-refractivity contribution in [1.82, 2.24) is 0 Å². The molecule has 0 aliphatic carbocycles. The number of anilines is 1. The molecule has 102 valence electrons. The molecule has 0 amide bonds. The fourth-order valence-corrected chi connectivity index (χ4v) is 2.06. The van der Waals surface area contributed by atoms with E-state index in [1.807, 2.05) is 19.9 Å². The zero-order valence-electron chi connectivity index (χ0n) is 11.4. The predicted molar refractivity (Wildman–Crippen MR) is 77.7 cm³/mol. The van der Waals surface area contributed by atoms with Gasteiger partial charge in [-0.2, -0.15) is 5.26 Å². The first-order valence-electron chi connectivity index (χ1n) is 6.30. The van der Waals surface area contributed by atoms with Crippen LogP contribution in [-0.2, 0) is 0 Å². The van der Waals surface area contributed by atoms with E-state index in [0.29, 0.717) is 11.1 Å². The number of hydrogen-bond acceptors (Lipinski definition) is 4. The molecule has 0 heterocycles. The molecule has 1 atom stereocenters. The van der Waals surface area contributed by atoms with Crippen molar-refractivity contribution >= 4 is 5.69 Å². The zero-order valence-corrected chi connectivity index (χ0v) is 11.4. The number of aryl methyl sites for hydroxylation is 1. The molecular weight excluding hydrogens is 252 g/mol.